The van der Waals surface area contributed by atoms with Gasteiger partial charge < -0.3 is 5.73 Å². The normalized spacial score (nSPS) is 14.2. The van der Waals surface area contributed by atoms with Crippen LogP contribution in [0.2, 0.25) is 0 Å². The molecule has 0 aromatic carbocycles. The first kappa shape index (κ1) is 13.3. The summed E-state index contributed by atoms with van der Waals surface area (Å²) < 4.78 is 0. The average Bonchev–Trinajstić information content (AvgIpc) is 2.00. The molecule has 1 unspecified atom stereocenters. The van der Waals surface area contributed by atoms with Gasteiger partial charge in [0.15, 0.2) is 5.78 Å². The van der Waals surface area contributed by atoms with E-state index in [0.29, 0.717) is 0 Å². The van der Waals surface area contributed by atoms with Gasteiger partial charge in [-0.05, 0) is 0 Å². The third-order valence-electron chi connectivity index (χ3n) is 2.18. The molecule has 2 N–H and O–H groups in total. The highest BCUT2D eigenvalue weighted by Crippen LogP contribution is 2.18. The van der Waals surface area contributed by atoms with E-state index in [2.05, 4.69) is 0 Å². The van der Waals surface area contributed by atoms with Crippen molar-refractivity contribution in [2.24, 2.45) is 17.1 Å². The zero-order valence-electron chi connectivity index (χ0n) is 9.76. The summed E-state index contributed by atoms with van der Waals surface area (Å²) in [7, 11) is 0. The topological polar surface area (TPSA) is 60.2 Å². The Morgan fingerprint density at radius 3 is 1.93 bits per heavy atom. The van der Waals surface area contributed by atoms with Crippen LogP contribution < -0.4 is 5.73 Å². The first-order chi connectivity index (χ1) is 6.16. The van der Waals surface area contributed by atoms with Gasteiger partial charge in [-0.1, -0.05) is 34.6 Å². The number of hydrogen-bond acceptors (Lipinski definition) is 3. The molecule has 0 aliphatic carbocycles. The fraction of sp³-hybridized carbons (Fsp3) is 0.818. The van der Waals surface area contributed by atoms with E-state index in [9.17, 15) is 9.59 Å². The minimum atomic E-state index is -0.637. The minimum absolute atomic E-state index is 0.0393. The maximum Gasteiger partial charge on any atom is 0.152 e. The number of Topliss-reactive ketones (excluding diaryl/α,β-unsaturated/α-hetero) is 2. The van der Waals surface area contributed by atoms with Crippen LogP contribution in [0.4, 0.5) is 0 Å². The van der Waals surface area contributed by atoms with Crippen LogP contribution in [-0.2, 0) is 9.59 Å². The van der Waals surface area contributed by atoms with Gasteiger partial charge in [0.25, 0.3) is 0 Å². The second-order valence-electron chi connectivity index (χ2n) is 5.04. The zero-order valence-corrected chi connectivity index (χ0v) is 9.76. The predicted molar refractivity (Wildman–Crippen MR) is 56.9 cm³/mol. The molecule has 1 atom stereocenters. The van der Waals surface area contributed by atoms with Crippen molar-refractivity contribution < 1.29 is 9.59 Å². The third-order valence-corrected chi connectivity index (χ3v) is 2.18. The van der Waals surface area contributed by atoms with Crippen molar-refractivity contribution in [2.45, 2.75) is 47.1 Å². The third kappa shape index (κ3) is 4.01. The van der Waals surface area contributed by atoms with Crippen molar-refractivity contribution in [3.63, 3.8) is 0 Å². The number of hydrogen-bond donors (Lipinski definition) is 1. The summed E-state index contributed by atoms with van der Waals surface area (Å²) in [5, 5.41) is 0. The molecule has 0 bridgehead atoms. The maximum absolute atomic E-state index is 11.6. The fourth-order valence-electron chi connectivity index (χ4n) is 1.03. The van der Waals surface area contributed by atoms with Crippen LogP contribution in [0.15, 0.2) is 0 Å². The Bertz CT molecular complexity index is 226. The molecule has 0 fully saturated rings. The lowest BCUT2D eigenvalue weighted by Gasteiger charge is -2.19. The average molecular weight is 199 g/mol. The second kappa shape index (κ2) is 4.69. The van der Waals surface area contributed by atoms with Gasteiger partial charge >= 0.3 is 0 Å². The smallest absolute Gasteiger partial charge is 0.152 e. The van der Waals surface area contributed by atoms with Crippen LogP contribution in [0, 0.1) is 11.3 Å². The lowest BCUT2D eigenvalue weighted by Crippen LogP contribution is -2.38. The number of ketones is 2. The highest BCUT2D eigenvalue weighted by Gasteiger charge is 2.26. The Morgan fingerprint density at radius 1 is 1.21 bits per heavy atom. The van der Waals surface area contributed by atoms with E-state index in [1.807, 2.05) is 20.8 Å². The summed E-state index contributed by atoms with van der Waals surface area (Å²) in [5.74, 6) is -0.0978. The molecule has 0 aliphatic heterocycles. The van der Waals surface area contributed by atoms with E-state index in [0.717, 1.165) is 0 Å². The van der Waals surface area contributed by atoms with Gasteiger partial charge in [-0.2, -0.15) is 0 Å². The Labute approximate surface area is 86.1 Å². The molecule has 3 heteroatoms. The van der Waals surface area contributed by atoms with Crippen LogP contribution >= 0.6 is 0 Å². The highest BCUT2D eigenvalue weighted by atomic mass is 16.1. The second-order valence-corrected chi connectivity index (χ2v) is 5.04. The first-order valence-corrected chi connectivity index (χ1v) is 4.99. The molecule has 0 aliphatic rings. The molecular weight excluding hydrogens is 178 g/mol. The van der Waals surface area contributed by atoms with Crippen molar-refractivity contribution in [3.05, 3.63) is 0 Å². The largest absolute Gasteiger partial charge is 0.321 e. The van der Waals surface area contributed by atoms with Crippen LogP contribution in [0.25, 0.3) is 0 Å². The Hall–Kier alpha value is -0.700. The molecule has 0 saturated heterocycles. The van der Waals surface area contributed by atoms with E-state index in [1.165, 1.54) is 0 Å². The summed E-state index contributed by atoms with van der Waals surface area (Å²) >= 11 is 0. The number of nitrogens with two attached hydrogens (primary N) is 1. The van der Waals surface area contributed by atoms with Gasteiger partial charge in [-0.15, -0.1) is 0 Å². The molecule has 14 heavy (non-hydrogen) atoms. The van der Waals surface area contributed by atoms with E-state index < -0.39 is 11.5 Å². The molecule has 82 valence electrons. The van der Waals surface area contributed by atoms with E-state index >= 15 is 0 Å². The summed E-state index contributed by atoms with van der Waals surface area (Å²) in [6, 6.07) is -0.637. The zero-order chi connectivity index (χ0) is 11.5. The van der Waals surface area contributed by atoms with Crippen LogP contribution in [0.3, 0.4) is 0 Å². The van der Waals surface area contributed by atoms with E-state index in [1.54, 1.807) is 13.8 Å². The molecule has 0 saturated carbocycles. The quantitative estimate of drug-likeness (QED) is 0.747. The predicted octanol–water partition coefficient (Wildman–Crippen LogP) is 1.54. The van der Waals surface area contributed by atoms with Crippen molar-refractivity contribution in [2.75, 3.05) is 0 Å². The lowest BCUT2D eigenvalue weighted by molar-refractivity contribution is -0.130. The van der Waals surface area contributed by atoms with Gasteiger partial charge in [0.2, 0.25) is 0 Å². The van der Waals surface area contributed by atoms with E-state index in [-0.39, 0.29) is 23.9 Å². The first-order valence-electron chi connectivity index (χ1n) is 4.99. The van der Waals surface area contributed by atoms with Crippen molar-refractivity contribution in [1.29, 1.82) is 0 Å². The van der Waals surface area contributed by atoms with Gasteiger partial charge in [0.05, 0.1) is 6.04 Å². The standard InChI is InChI=1S/C11H21NO2/c1-7(2)10(14)8(12)6-9(13)11(3,4)5/h7-8H,6,12H2,1-5H3. The molecule has 0 spiro atoms. The van der Waals surface area contributed by atoms with Gasteiger partial charge in [0, 0.05) is 17.8 Å². The fourth-order valence-corrected chi connectivity index (χ4v) is 1.03. The molecular formula is C11H21NO2. The number of carbonyl (C=O) groups is 2. The van der Waals surface area contributed by atoms with Gasteiger partial charge in [0.1, 0.15) is 5.78 Å². The summed E-state index contributed by atoms with van der Waals surface area (Å²) in [4.78, 5) is 23.0. The molecule has 0 aromatic rings. The van der Waals surface area contributed by atoms with Crippen molar-refractivity contribution in [1.82, 2.24) is 0 Å². The van der Waals surface area contributed by atoms with Crippen molar-refractivity contribution in [3.8, 4) is 0 Å². The molecule has 0 amide bonds. The molecule has 3 nitrogen and oxygen atoms in total. The lowest BCUT2D eigenvalue weighted by atomic mass is 9.85. The molecule has 0 radical (unpaired) electrons. The Balaban J connectivity index is 4.27. The molecule has 0 heterocycles. The van der Waals surface area contributed by atoms with Gasteiger partial charge in [-0.25, -0.2) is 0 Å². The number of rotatable bonds is 4. The molecule has 0 rings (SSSR count). The van der Waals surface area contributed by atoms with Crippen LogP contribution in [0.5, 0.6) is 0 Å². The Morgan fingerprint density at radius 2 is 1.64 bits per heavy atom. The minimum Gasteiger partial charge on any atom is -0.321 e. The summed E-state index contributed by atoms with van der Waals surface area (Å²) in [6.45, 7) is 9.10. The monoisotopic (exact) mass is 199 g/mol. The van der Waals surface area contributed by atoms with Gasteiger partial charge in [-0.3, -0.25) is 9.59 Å². The van der Waals surface area contributed by atoms with Crippen LogP contribution in [0.1, 0.15) is 41.0 Å². The SMILES string of the molecule is CC(C)C(=O)C(N)CC(=O)C(C)(C)C. The molecule has 0 aromatic heterocycles. The van der Waals surface area contributed by atoms with E-state index in [4.69, 9.17) is 5.73 Å². The van der Waals surface area contributed by atoms with Crippen molar-refractivity contribution >= 4 is 11.6 Å². The highest BCUT2D eigenvalue weighted by molar-refractivity contribution is 5.93. The Kier molecular flexibility index (Phi) is 4.46. The van der Waals surface area contributed by atoms with Crippen LogP contribution in [-0.4, -0.2) is 17.6 Å². The maximum atomic E-state index is 11.6. The summed E-state index contributed by atoms with van der Waals surface area (Å²) in [5.41, 5.74) is 5.24. The summed E-state index contributed by atoms with van der Waals surface area (Å²) in [6.07, 6.45) is 0.153. The number of carbonyl (C=O) groups excluding carboxylic acids is 2.